The van der Waals surface area contributed by atoms with Crippen LogP contribution in [0.5, 0.6) is 0 Å². The summed E-state index contributed by atoms with van der Waals surface area (Å²) in [6.07, 6.45) is -7.07. The van der Waals surface area contributed by atoms with Gasteiger partial charge in [-0.3, -0.25) is 0 Å². The fraction of sp³-hybridized carbons (Fsp3) is 1.00. The van der Waals surface area contributed by atoms with Gasteiger partial charge in [0.25, 0.3) is 0 Å². The molecule has 14 heteroatoms. The van der Waals surface area contributed by atoms with Crippen LogP contribution in [0.15, 0.2) is 0 Å². The van der Waals surface area contributed by atoms with Crippen LogP contribution in [-0.4, -0.2) is 39.2 Å². The molecule has 0 aliphatic carbocycles. The molecule has 0 bridgehead atoms. The summed E-state index contributed by atoms with van der Waals surface area (Å²) in [6, 6.07) is 0. The zero-order valence-corrected chi connectivity index (χ0v) is 18.6. The van der Waals surface area contributed by atoms with Crippen LogP contribution in [-0.2, 0) is 0 Å². The minimum Gasteiger partial charge on any atom is -0.200 e. The second-order valence-electron chi connectivity index (χ2n) is 7.35. The fourth-order valence-corrected chi connectivity index (χ4v) is 3.61. The van der Waals surface area contributed by atoms with Crippen molar-refractivity contribution in [2.24, 2.45) is 0 Å². The van der Waals surface area contributed by atoms with Gasteiger partial charge in [0.2, 0.25) is 0 Å². The number of unbranched alkanes of at least 4 members (excludes halogenated alkanes) is 4. The molecule has 0 aromatic rings. The predicted octanol–water partition coefficient (Wildman–Crippen LogP) is 9.06. The third-order valence-corrected chi connectivity index (χ3v) is 6.58. The van der Waals surface area contributed by atoms with E-state index in [0.717, 1.165) is 12.8 Å². The van der Waals surface area contributed by atoms with E-state index in [1.807, 2.05) is 6.92 Å². The first kappa shape index (κ1) is 30.8. The second kappa shape index (κ2) is 9.98. The summed E-state index contributed by atoms with van der Waals surface area (Å²) in [7, 11) is 0. The highest BCUT2D eigenvalue weighted by atomic mass is 127. The molecule has 0 N–H and O–H groups in total. The molecule has 0 rings (SSSR count). The van der Waals surface area contributed by atoms with Gasteiger partial charge in [-0.15, -0.1) is 0 Å². The van der Waals surface area contributed by atoms with Crippen LogP contribution in [0.25, 0.3) is 0 Å². The minimum absolute atomic E-state index is 0.205. The summed E-state index contributed by atoms with van der Waals surface area (Å²) >= 11 is 1.27. The molecule has 0 nitrogen and oxygen atoms in total. The van der Waals surface area contributed by atoms with Gasteiger partial charge in [-0.2, -0.15) is 57.1 Å². The molecule has 31 heavy (non-hydrogen) atoms. The van der Waals surface area contributed by atoms with Crippen molar-refractivity contribution in [2.75, 3.05) is 0 Å². The van der Waals surface area contributed by atoms with Crippen LogP contribution in [0.3, 0.4) is 0 Å². The average molecular weight is 600 g/mol. The molecule has 0 heterocycles. The smallest absolute Gasteiger partial charge is 0.200 e. The standard InChI is InChI=1S/C17H22F13I/c1-3-5-6-7-8-9-11(31,4-2)10-12(18,19)13(20,21)14(22,23)15(24,25)16(26,27)17(28,29)30/h3-10H2,1-2H3. The largest absolute Gasteiger partial charge is 0.460 e. The van der Waals surface area contributed by atoms with E-state index in [0.29, 0.717) is 12.8 Å². The molecule has 0 aliphatic heterocycles. The van der Waals surface area contributed by atoms with Crippen molar-refractivity contribution < 1.29 is 57.1 Å². The number of halogens is 14. The Morgan fingerprint density at radius 2 is 0.968 bits per heavy atom. The molecular formula is C17H22F13I. The monoisotopic (exact) mass is 600 g/mol. The number of hydrogen-bond donors (Lipinski definition) is 0. The normalized spacial score (nSPS) is 17.0. The molecule has 1 unspecified atom stereocenters. The van der Waals surface area contributed by atoms with Gasteiger partial charge in [0.15, 0.2) is 0 Å². The molecular weight excluding hydrogens is 578 g/mol. The van der Waals surface area contributed by atoms with Crippen LogP contribution in [0.2, 0.25) is 0 Å². The first-order chi connectivity index (χ1) is 13.6. The summed E-state index contributed by atoms with van der Waals surface area (Å²) in [5.74, 6) is -36.5. The Morgan fingerprint density at radius 1 is 0.548 bits per heavy atom. The molecule has 0 fully saturated rings. The predicted molar refractivity (Wildman–Crippen MR) is 95.8 cm³/mol. The molecule has 0 amide bonds. The highest BCUT2D eigenvalue weighted by Gasteiger charge is 2.90. The summed E-state index contributed by atoms with van der Waals surface area (Å²) in [6.45, 7) is 3.10. The van der Waals surface area contributed by atoms with E-state index in [1.165, 1.54) is 29.5 Å². The fourth-order valence-electron chi connectivity index (χ4n) is 2.75. The van der Waals surface area contributed by atoms with Gasteiger partial charge < -0.3 is 0 Å². The molecule has 0 saturated heterocycles. The molecule has 0 radical (unpaired) electrons. The third kappa shape index (κ3) is 6.04. The van der Waals surface area contributed by atoms with Gasteiger partial charge in [-0.1, -0.05) is 68.5 Å². The van der Waals surface area contributed by atoms with Gasteiger partial charge in [-0.05, 0) is 12.8 Å². The molecule has 0 spiro atoms. The highest BCUT2D eigenvalue weighted by molar-refractivity contribution is 14.1. The van der Waals surface area contributed by atoms with Crippen LogP contribution >= 0.6 is 22.6 Å². The zero-order valence-electron chi connectivity index (χ0n) is 16.4. The lowest BCUT2D eigenvalue weighted by Gasteiger charge is -2.41. The Labute approximate surface area is 184 Å². The molecule has 0 aromatic heterocycles. The van der Waals surface area contributed by atoms with Crippen molar-refractivity contribution in [3.63, 3.8) is 0 Å². The summed E-state index contributed by atoms with van der Waals surface area (Å²) in [4.78, 5) is 0. The van der Waals surface area contributed by atoms with Crippen molar-refractivity contribution in [3.8, 4) is 0 Å². The molecule has 0 saturated carbocycles. The lowest BCUT2D eigenvalue weighted by Crippen LogP contribution is -2.70. The van der Waals surface area contributed by atoms with Crippen LogP contribution in [0.4, 0.5) is 57.1 Å². The summed E-state index contributed by atoms with van der Waals surface area (Å²) in [5, 5.41) is 0. The maximum Gasteiger partial charge on any atom is 0.460 e. The Hall–Kier alpha value is -0.180. The van der Waals surface area contributed by atoms with Gasteiger partial charge in [0.1, 0.15) is 0 Å². The quantitative estimate of drug-likeness (QED) is 0.0857. The van der Waals surface area contributed by atoms with E-state index in [2.05, 4.69) is 0 Å². The first-order valence-electron chi connectivity index (χ1n) is 9.22. The zero-order chi connectivity index (χ0) is 25.2. The van der Waals surface area contributed by atoms with Gasteiger partial charge >= 0.3 is 35.8 Å². The van der Waals surface area contributed by atoms with E-state index in [-0.39, 0.29) is 19.3 Å². The van der Waals surface area contributed by atoms with Gasteiger partial charge in [-0.25, -0.2) is 0 Å². The van der Waals surface area contributed by atoms with E-state index in [9.17, 15) is 57.1 Å². The van der Waals surface area contributed by atoms with Crippen molar-refractivity contribution in [1.29, 1.82) is 0 Å². The lowest BCUT2D eigenvalue weighted by atomic mass is 9.86. The third-order valence-electron chi connectivity index (χ3n) is 4.90. The maximum absolute atomic E-state index is 14.1. The Bertz CT molecular complexity index is 571. The van der Waals surface area contributed by atoms with E-state index >= 15 is 0 Å². The maximum atomic E-state index is 14.1. The molecule has 1 atom stereocenters. The Morgan fingerprint density at radius 3 is 1.35 bits per heavy atom. The van der Waals surface area contributed by atoms with Crippen molar-refractivity contribution in [2.45, 2.75) is 104 Å². The Kier molecular flexibility index (Phi) is 9.92. The Balaban J connectivity index is 5.88. The van der Waals surface area contributed by atoms with E-state index in [4.69, 9.17) is 0 Å². The topological polar surface area (TPSA) is 0 Å². The van der Waals surface area contributed by atoms with Gasteiger partial charge in [0, 0.05) is 9.84 Å². The average Bonchev–Trinajstić information content (AvgIpc) is 2.59. The van der Waals surface area contributed by atoms with E-state index < -0.39 is 45.6 Å². The number of alkyl halides is 14. The van der Waals surface area contributed by atoms with Crippen LogP contribution in [0.1, 0.15) is 65.2 Å². The molecule has 0 aromatic carbocycles. The summed E-state index contributed by atoms with van der Waals surface area (Å²) in [5.41, 5.74) is 0. The van der Waals surface area contributed by atoms with Crippen LogP contribution < -0.4 is 0 Å². The molecule has 0 aliphatic rings. The second-order valence-corrected chi connectivity index (χ2v) is 9.63. The summed E-state index contributed by atoms with van der Waals surface area (Å²) < 4.78 is 170. The van der Waals surface area contributed by atoms with Crippen molar-refractivity contribution >= 4 is 22.6 Å². The molecule has 188 valence electrons. The van der Waals surface area contributed by atoms with E-state index in [1.54, 1.807) is 0 Å². The lowest BCUT2D eigenvalue weighted by molar-refractivity contribution is -0.440. The number of rotatable bonds is 13. The van der Waals surface area contributed by atoms with Gasteiger partial charge in [0.05, 0.1) is 0 Å². The van der Waals surface area contributed by atoms with Crippen molar-refractivity contribution in [1.82, 2.24) is 0 Å². The van der Waals surface area contributed by atoms with Crippen LogP contribution in [0, 0.1) is 0 Å². The highest BCUT2D eigenvalue weighted by Crippen LogP contribution is 2.61. The number of hydrogen-bond acceptors (Lipinski definition) is 0. The minimum atomic E-state index is -7.84. The SMILES string of the molecule is CCCCCCCC(I)(CC)CC(F)(F)C(F)(F)C(F)(F)C(F)(F)C(F)(F)C(F)(F)F. The first-order valence-corrected chi connectivity index (χ1v) is 10.3. The van der Waals surface area contributed by atoms with Crippen molar-refractivity contribution in [3.05, 3.63) is 0 Å².